The molecule has 0 radical (unpaired) electrons. The average molecular weight is 541 g/mol. The Hall–Kier alpha value is -2.09. The van der Waals surface area contributed by atoms with Crippen LogP contribution in [0.2, 0.25) is 10.0 Å². The van der Waals surface area contributed by atoms with E-state index < -0.39 is 33.3 Å². The Morgan fingerprint density at radius 1 is 1.11 bits per heavy atom. The zero-order chi connectivity index (χ0) is 26.0. The number of carboxylic acids is 1. The van der Waals surface area contributed by atoms with E-state index in [1.807, 2.05) is 37.3 Å². The first-order valence-corrected chi connectivity index (χ1v) is 14.2. The van der Waals surface area contributed by atoms with Crippen LogP contribution in [0.3, 0.4) is 0 Å². The van der Waals surface area contributed by atoms with Crippen molar-refractivity contribution in [2.75, 3.05) is 11.5 Å². The minimum atomic E-state index is -3.42. The highest BCUT2D eigenvalue weighted by Gasteiger charge is 2.52. The number of aliphatic carboxylic acids is 1. The molecule has 1 aliphatic heterocycles. The Balaban J connectivity index is 2.26. The largest absolute Gasteiger partial charge is 0.481 e. The molecule has 190 valence electrons. The molecule has 3 rings (SSSR count). The summed E-state index contributed by atoms with van der Waals surface area (Å²) in [6.45, 7) is 5.09. The monoisotopic (exact) mass is 539 g/mol. The lowest BCUT2D eigenvalue weighted by atomic mass is 9.67. The molecule has 1 N–H and O–H groups in total. The molecule has 35 heavy (non-hydrogen) atoms. The predicted octanol–water partition coefficient (Wildman–Crippen LogP) is 5.74. The number of hydrogen-bond donors (Lipinski definition) is 1. The SMILES string of the molecule is CC[C@@H](CS(=O)(=O)CC)N1C(=O)[C@@](C)(CC(=O)O)CC(c2cccc(Cl)c2)[C@H]1c1ccc(Cl)cc1. The van der Waals surface area contributed by atoms with E-state index in [4.69, 9.17) is 23.2 Å². The van der Waals surface area contributed by atoms with Crippen molar-refractivity contribution in [3.8, 4) is 0 Å². The molecule has 1 saturated heterocycles. The normalized spacial score (nSPS) is 23.8. The van der Waals surface area contributed by atoms with Crippen LogP contribution in [-0.4, -0.2) is 47.8 Å². The number of carbonyl (C=O) groups excluding carboxylic acids is 1. The molecule has 0 aromatic heterocycles. The van der Waals surface area contributed by atoms with E-state index in [1.165, 1.54) is 0 Å². The quantitative estimate of drug-likeness (QED) is 0.438. The van der Waals surface area contributed by atoms with Gasteiger partial charge < -0.3 is 10.0 Å². The van der Waals surface area contributed by atoms with Crippen molar-refractivity contribution >= 4 is 44.9 Å². The summed E-state index contributed by atoms with van der Waals surface area (Å²) in [6.07, 6.45) is 0.323. The number of benzene rings is 2. The zero-order valence-corrected chi connectivity index (χ0v) is 22.4. The smallest absolute Gasteiger partial charge is 0.304 e. The van der Waals surface area contributed by atoms with Crippen LogP contribution in [0.25, 0.3) is 0 Å². The summed E-state index contributed by atoms with van der Waals surface area (Å²) >= 11 is 12.5. The molecule has 0 saturated carbocycles. The van der Waals surface area contributed by atoms with Gasteiger partial charge in [0.1, 0.15) is 0 Å². The molecule has 0 bridgehead atoms. The Morgan fingerprint density at radius 3 is 2.31 bits per heavy atom. The van der Waals surface area contributed by atoms with Gasteiger partial charge in [-0.15, -0.1) is 0 Å². The highest BCUT2D eigenvalue weighted by atomic mass is 35.5. The lowest BCUT2D eigenvalue weighted by Gasteiger charge is -2.51. The summed E-state index contributed by atoms with van der Waals surface area (Å²) in [7, 11) is -3.42. The Morgan fingerprint density at radius 2 is 1.77 bits per heavy atom. The van der Waals surface area contributed by atoms with Crippen LogP contribution in [0.5, 0.6) is 0 Å². The van der Waals surface area contributed by atoms with E-state index in [2.05, 4.69) is 0 Å². The highest BCUT2D eigenvalue weighted by molar-refractivity contribution is 7.91. The summed E-state index contributed by atoms with van der Waals surface area (Å²) in [5.41, 5.74) is 0.447. The number of nitrogens with zero attached hydrogens (tertiary/aromatic N) is 1. The average Bonchev–Trinajstić information content (AvgIpc) is 2.79. The molecule has 1 heterocycles. The number of rotatable bonds is 9. The number of hydrogen-bond acceptors (Lipinski definition) is 4. The number of sulfone groups is 1. The minimum absolute atomic E-state index is 0.0404. The number of likely N-dealkylation sites (tertiary alicyclic amines) is 1. The molecule has 2 aromatic rings. The second-order valence-corrected chi connectivity index (χ2v) is 12.7. The number of carboxylic acid groups (broad SMARTS) is 1. The third-order valence-corrected chi connectivity index (χ3v) is 9.14. The van der Waals surface area contributed by atoms with Crippen LogP contribution in [0.1, 0.15) is 63.1 Å². The maximum Gasteiger partial charge on any atom is 0.304 e. The molecule has 1 aliphatic rings. The molecular formula is C26H31Cl2NO5S. The molecule has 6 nitrogen and oxygen atoms in total. The molecule has 0 spiro atoms. The molecule has 1 amide bonds. The summed E-state index contributed by atoms with van der Waals surface area (Å²) in [5.74, 6) is -1.97. The van der Waals surface area contributed by atoms with Gasteiger partial charge in [-0.2, -0.15) is 0 Å². The van der Waals surface area contributed by atoms with Crippen LogP contribution in [0.15, 0.2) is 48.5 Å². The van der Waals surface area contributed by atoms with Crippen LogP contribution in [-0.2, 0) is 19.4 Å². The maximum absolute atomic E-state index is 14.1. The van der Waals surface area contributed by atoms with Gasteiger partial charge in [0, 0.05) is 27.8 Å². The summed E-state index contributed by atoms with van der Waals surface area (Å²) in [5, 5.41) is 10.7. The fourth-order valence-corrected chi connectivity index (χ4v) is 6.63. The van der Waals surface area contributed by atoms with Crippen LogP contribution in [0.4, 0.5) is 0 Å². The van der Waals surface area contributed by atoms with E-state index in [9.17, 15) is 23.1 Å². The molecule has 0 aliphatic carbocycles. The molecular weight excluding hydrogens is 509 g/mol. The van der Waals surface area contributed by atoms with E-state index in [0.717, 1.165) is 11.1 Å². The second kappa shape index (κ2) is 10.9. The van der Waals surface area contributed by atoms with Crippen molar-refractivity contribution in [1.29, 1.82) is 0 Å². The number of piperidine rings is 1. The standard InChI is InChI=1S/C26H31Cl2NO5S/c1-4-21(16-35(33,34)5-2)29-24(17-9-11-19(27)12-10-17)22(18-7-6-8-20(28)13-18)14-26(3,25(29)32)15-23(30)31/h6-13,21-22,24H,4-5,14-16H2,1-3H3,(H,30,31)/t21-,22?,24+,26+/m0/s1. The van der Waals surface area contributed by atoms with Crippen LogP contribution < -0.4 is 0 Å². The Kier molecular flexibility index (Phi) is 8.56. The lowest BCUT2D eigenvalue weighted by Crippen LogP contribution is -2.57. The summed E-state index contributed by atoms with van der Waals surface area (Å²) < 4.78 is 25.3. The molecule has 1 fully saturated rings. The second-order valence-electron chi connectivity index (χ2n) is 9.47. The van der Waals surface area contributed by atoms with Gasteiger partial charge >= 0.3 is 5.97 Å². The first kappa shape index (κ1) is 27.5. The summed E-state index contributed by atoms with van der Waals surface area (Å²) in [4.78, 5) is 27.5. The van der Waals surface area contributed by atoms with Crippen molar-refractivity contribution < 1.29 is 23.1 Å². The van der Waals surface area contributed by atoms with Crippen molar-refractivity contribution in [2.24, 2.45) is 5.41 Å². The van der Waals surface area contributed by atoms with Crippen molar-refractivity contribution in [1.82, 2.24) is 4.90 Å². The fourth-order valence-electron chi connectivity index (χ4n) is 5.09. The van der Waals surface area contributed by atoms with Gasteiger partial charge in [-0.05, 0) is 48.2 Å². The lowest BCUT2D eigenvalue weighted by molar-refractivity contribution is -0.160. The summed E-state index contributed by atoms with van der Waals surface area (Å²) in [6, 6.07) is 13.3. The van der Waals surface area contributed by atoms with Crippen molar-refractivity contribution in [3.63, 3.8) is 0 Å². The molecule has 4 atom stereocenters. The van der Waals surface area contributed by atoms with E-state index >= 15 is 0 Å². The molecule has 1 unspecified atom stereocenters. The van der Waals surface area contributed by atoms with Gasteiger partial charge in [-0.25, -0.2) is 8.42 Å². The van der Waals surface area contributed by atoms with Gasteiger partial charge in [0.25, 0.3) is 0 Å². The first-order valence-electron chi connectivity index (χ1n) is 11.7. The Bertz CT molecular complexity index is 1180. The first-order chi connectivity index (χ1) is 16.4. The molecule has 2 aromatic carbocycles. The maximum atomic E-state index is 14.1. The van der Waals surface area contributed by atoms with Crippen LogP contribution >= 0.6 is 23.2 Å². The number of carbonyl (C=O) groups is 2. The predicted molar refractivity (Wildman–Crippen MR) is 139 cm³/mol. The number of amides is 1. The number of halogens is 2. The van der Waals surface area contributed by atoms with E-state index in [-0.39, 0.29) is 36.2 Å². The van der Waals surface area contributed by atoms with Crippen molar-refractivity contribution in [2.45, 2.75) is 58.0 Å². The van der Waals surface area contributed by atoms with Gasteiger partial charge in [-0.1, -0.05) is 68.2 Å². The minimum Gasteiger partial charge on any atom is -0.481 e. The van der Waals surface area contributed by atoms with Gasteiger partial charge in [0.2, 0.25) is 5.91 Å². The van der Waals surface area contributed by atoms with E-state index in [0.29, 0.717) is 16.5 Å². The van der Waals surface area contributed by atoms with Gasteiger partial charge in [-0.3, -0.25) is 9.59 Å². The van der Waals surface area contributed by atoms with Gasteiger partial charge in [0.05, 0.1) is 23.6 Å². The van der Waals surface area contributed by atoms with E-state index in [1.54, 1.807) is 36.9 Å². The highest BCUT2D eigenvalue weighted by Crippen LogP contribution is 2.52. The fraction of sp³-hybridized carbons (Fsp3) is 0.462. The van der Waals surface area contributed by atoms with Crippen molar-refractivity contribution in [3.05, 3.63) is 69.7 Å². The molecule has 9 heteroatoms. The Labute approximate surface area is 217 Å². The van der Waals surface area contributed by atoms with Gasteiger partial charge in [0.15, 0.2) is 9.84 Å². The topological polar surface area (TPSA) is 91.8 Å². The zero-order valence-electron chi connectivity index (χ0n) is 20.1. The third kappa shape index (κ3) is 6.19. The third-order valence-electron chi connectivity index (χ3n) is 6.88. The van der Waals surface area contributed by atoms with Crippen LogP contribution in [0, 0.1) is 5.41 Å².